The number of nitrogens with zero attached hydrogens (tertiary/aromatic N) is 1. The summed E-state index contributed by atoms with van der Waals surface area (Å²) < 4.78 is 5.94. The molecule has 1 unspecified atom stereocenters. The molecule has 0 aliphatic heterocycles. The summed E-state index contributed by atoms with van der Waals surface area (Å²) in [4.78, 5) is 21.8. The first-order chi connectivity index (χ1) is 8.78. The Morgan fingerprint density at radius 3 is 2.37 bits per heavy atom. The van der Waals surface area contributed by atoms with Crippen molar-refractivity contribution in [3.05, 3.63) is 0 Å². The highest BCUT2D eigenvalue weighted by Crippen LogP contribution is 2.06. The Kier molecular flexibility index (Phi) is 8.39. The van der Waals surface area contributed by atoms with Gasteiger partial charge in [-0.1, -0.05) is 13.8 Å². The minimum absolute atomic E-state index is 0.0429. The summed E-state index contributed by atoms with van der Waals surface area (Å²) in [5, 5.41) is 10.3. The molecule has 0 bridgehead atoms. The molecule has 0 aliphatic rings. The molecule has 5 nitrogen and oxygen atoms in total. The minimum atomic E-state index is -0.993. The fourth-order valence-electron chi connectivity index (χ4n) is 1.62. The molecule has 0 heterocycles. The predicted molar refractivity (Wildman–Crippen MR) is 71.1 cm³/mol. The molecule has 112 valence electrons. The van der Waals surface area contributed by atoms with Gasteiger partial charge in [-0.05, 0) is 25.7 Å². The number of unbranched alkanes of at least 4 members (excludes halogenated alkanes) is 1. The lowest BCUT2D eigenvalue weighted by atomic mass is 10.1. The van der Waals surface area contributed by atoms with Crippen molar-refractivity contribution in [2.45, 2.75) is 39.5 Å². The first kappa shape index (κ1) is 17.9. The van der Waals surface area contributed by atoms with Gasteiger partial charge >= 0.3 is 5.97 Å². The van der Waals surface area contributed by atoms with Crippen LogP contribution in [0.25, 0.3) is 0 Å². The highest BCUT2D eigenvalue weighted by Gasteiger charge is 2.17. The van der Waals surface area contributed by atoms with E-state index in [4.69, 9.17) is 4.74 Å². The summed E-state index contributed by atoms with van der Waals surface area (Å²) in [7, 11) is 4.10. The average Bonchev–Trinajstić information content (AvgIpc) is 2.33. The molecule has 0 N–H and O–H groups in total. The molecule has 0 rings (SSSR count). The van der Waals surface area contributed by atoms with Crippen LogP contribution in [-0.2, 0) is 14.3 Å². The second-order valence-corrected chi connectivity index (χ2v) is 5.69. The summed E-state index contributed by atoms with van der Waals surface area (Å²) in [6.45, 7) is 5.85. The molecule has 0 saturated carbocycles. The highest BCUT2D eigenvalue weighted by molar-refractivity contribution is 5.71. The van der Waals surface area contributed by atoms with Crippen LogP contribution in [0.15, 0.2) is 0 Å². The molecule has 19 heavy (non-hydrogen) atoms. The van der Waals surface area contributed by atoms with Crippen molar-refractivity contribution < 1.29 is 23.9 Å². The molecule has 0 amide bonds. The molecule has 0 saturated heterocycles. The van der Waals surface area contributed by atoms with E-state index in [9.17, 15) is 14.7 Å². The SMILES string of the molecule is CCC(C)C(=O)OCC[N+](C)(C)CCCCC(=O)[O-]. The number of esters is 1. The van der Waals surface area contributed by atoms with Crippen molar-refractivity contribution in [3.8, 4) is 0 Å². The lowest BCUT2D eigenvalue weighted by molar-refractivity contribution is -0.890. The lowest BCUT2D eigenvalue weighted by Gasteiger charge is -2.29. The zero-order valence-corrected chi connectivity index (χ0v) is 12.6. The zero-order valence-electron chi connectivity index (χ0n) is 12.6. The maximum Gasteiger partial charge on any atom is 0.308 e. The van der Waals surface area contributed by atoms with Crippen molar-refractivity contribution in [1.82, 2.24) is 0 Å². The van der Waals surface area contributed by atoms with Crippen LogP contribution in [0.5, 0.6) is 0 Å². The third kappa shape index (κ3) is 9.47. The summed E-state index contributed by atoms with van der Waals surface area (Å²) in [6, 6.07) is 0. The van der Waals surface area contributed by atoms with Gasteiger partial charge in [-0.2, -0.15) is 0 Å². The molecule has 5 heteroatoms. The standard InChI is InChI=1S/C14H27NO4/c1-5-12(2)14(18)19-11-10-15(3,4)9-7-6-8-13(16)17/h12H,5-11H2,1-4H3. The Labute approximate surface area is 116 Å². The van der Waals surface area contributed by atoms with E-state index >= 15 is 0 Å². The van der Waals surface area contributed by atoms with Crippen molar-refractivity contribution in [2.24, 2.45) is 5.92 Å². The van der Waals surface area contributed by atoms with Crippen molar-refractivity contribution in [3.63, 3.8) is 0 Å². The van der Waals surface area contributed by atoms with Gasteiger partial charge in [0.2, 0.25) is 0 Å². The summed E-state index contributed by atoms with van der Waals surface area (Å²) in [6.07, 6.45) is 2.38. The molecule has 1 atom stereocenters. The molecule has 0 aromatic heterocycles. The van der Waals surface area contributed by atoms with Crippen LogP contribution in [0, 0.1) is 5.92 Å². The zero-order chi connectivity index (χ0) is 14.9. The van der Waals surface area contributed by atoms with Gasteiger partial charge in [0.05, 0.1) is 26.6 Å². The van der Waals surface area contributed by atoms with Crippen LogP contribution in [-0.4, -0.2) is 50.2 Å². The number of carbonyl (C=O) groups is 2. The first-order valence-corrected chi connectivity index (χ1v) is 6.97. The molecule has 0 aromatic carbocycles. The van der Waals surface area contributed by atoms with E-state index in [-0.39, 0.29) is 18.3 Å². The lowest BCUT2D eigenvalue weighted by Crippen LogP contribution is -2.43. The van der Waals surface area contributed by atoms with E-state index in [1.54, 1.807) is 0 Å². The number of quaternary nitrogens is 1. The minimum Gasteiger partial charge on any atom is -0.550 e. The normalized spacial score (nSPS) is 13.1. The molecule has 0 aromatic rings. The monoisotopic (exact) mass is 273 g/mol. The van der Waals surface area contributed by atoms with Crippen LogP contribution in [0.1, 0.15) is 39.5 Å². The van der Waals surface area contributed by atoms with Crippen LogP contribution < -0.4 is 5.11 Å². The topological polar surface area (TPSA) is 66.4 Å². The number of ether oxygens (including phenoxy) is 1. The van der Waals surface area contributed by atoms with Crippen molar-refractivity contribution in [1.29, 1.82) is 0 Å². The van der Waals surface area contributed by atoms with Crippen molar-refractivity contribution >= 4 is 11.9 Å². The van der Waals surface area contributed by atoms with Gasteiger partial charge in [-0.3, -0.25) is 4.79 Å². The van der Waals surface area contributed by atoms with Crippen molar-refractivity contribution in [2.75, 3.05) is 33.8 Å². The van der Waals surface area contributed by atoms with Gasteiger partial charge in [-0.15, -0.1) is 0 Å². The van der Waals surface area contributed by atoms with E-state index in [0.717, 1.165) is 30.4 Å². The number of likely N-dealkylation sites (N-methyl/N-ethyl adjacent to an activating group) is 1. The molecular formula is C14H27NO4. The summed E-state index contributed by atoms with van der Waals surface area (Å²) in [5.41, 5.74) is 0. The highest BCUT2D eigenvalue weighted by atomic mass is 16.5. The Hall–Kier alpha value is -1.10. The average molecular weight is 273 g/mol. The Bertz CT molecular complexity index is 289. The summed E-state index contributed by atoms with van der Waals surface area (Å²) in [5.74, 6) is -1.18. The molecule has 0 fully saturated rings. The second-order valence-electron chi connectivity index (χ2n) is 5.69. The number of rotatable bonds is 10. The van der Waals surface area contributed by atoms with Gasteiger partial charge in [0.1, 0.15) is 13.2 Å². The number of hydrogen-bond donors (Lipinski definition) is 0. The number of aliphatic carboxylic acids is 1. The van der Waals surface area contributed by atoms with Crippen LogP contribution in [0.3, 0.4) is 0 Å². The van der Waals surface area contributed by atoms with E-state index < -0.39 is 5.97 Å². The van der Waals surface area contributed by atoms with Gasteiger partial charge < -0.3 is 19.1 Å². The molecular weight excluding hydrogens is 246 g/mol. The van der Waals surface area contributed by atoms with Gasteiger partial charge in [0.15, 0.2) is 0 Å². The van der Waals surface area contributed by atoms with E-state index in [2.05, 4.69) is 14.1 Å². The Morgan fingerprint density at radius 1 is 1.21 bits per heavy atom. The number of carbonyl (C=O) groups excluding carboxylic acids is 2. The number of carboxylic acids is 1. The molecule has 0 radical (unpaired) electrons. The number of hydrogen-bond acceptors (Lipinski definition) is 4. The third-order valence-electron chi connectivity index (χ3n) is 3.35. The van der Waals surface area contributed by atoms with Gasteiger partial charge in [-0.25, -0.2) is 0 Å². The van der Waals surface area contributed by atoms with Crippen LogP contribution >= 0.6 is 0 Å². The smallest absolute Gasteiger partial charge is 0.308 e. The number of carboxylic acid groups (broad SMARTS) is 1. The third-order valence-corrected chi connectivity index (χ3v) is 3.35. The fourth-order valence-corrected chi connectivity index (χ4v) is 1.62. The van der Waals surface area contributed by atoms with Crippen LogP contribution in [0.2, 0.25) is 0 Å². The summed E-state index contributed by atoms with van der Waals surface area (Å²) >= 11 is 0. The quantitative estimate of drug-likeness (QED) is 0.332. The van der Waals surface area contributed by atoms with E-state index in [1.807, 2.05) is 13.8 Å². The first-order valence-electron chi connectivity index (χ1n) is 6.97. The molecule has 0 aliphatic carbocycles. The Morgan fingerprint density at radius 2 is 1.84 bits per heavy atom. The fraction of sp³-hybridized carbons (Fsp3) is 0.857. The second kappa shape index (κ2) is 8.91. The largest absolute Gasteiger partial charge is 0.550 e. The van der Waals surface area contributed by atoms with Crippen LogP contribution in [0.4, 0.5) is 0 Å². The Balaban J connectivity index is 3.78. The maximum absolute atomic E-state index is 11.5. The predicted octanol–water partition coefficient (Wildman–Crippen LogP) is 0.572. The van der Waals surface area contributed by atoms with E-state index in [0.29, 0.717) is 13.0 Å². The molecule has 0 spiro atoms. The van der Waals surface area contributed by atoms with E-state index in [1.165, 1.54) is 0 Å². The van der Waals surface area contributed by atoms with Gasteiger partial charge in [0.25, 0.3) is 0 Å². The van der Waals surface area contributed by atoms with Gasteiger partial charge in [0, 0.05) is 5.97 Å². The maximum atomic E-state index is 11.5.